The number of carbonyl (C=O) groups is 3. The van der Waals surface area contributed by atoms with Crippen LogP contribution in [0.4, 0.5) is 0 Å². The molecule has 0 heterocycles. The van der Waals surface area contributed by atoms with Gasteiger partial charge in [0.05, 0.1) is 6.42 Å². The Morgan fingerprint density at radius 2 is 1.85 bits per heavy atom. The second-order valence-electron chi connectivity index (χ2n) is 7.11. The second kappa shape index (κ2) is 10.3. The summed E-state index contributed by atoms with van der Waals surface area (Å²) in [7, 11) is 0. The van der Waals surface area contributed by atoms with Gasteiger partial charge >= 0.3 is 5.97 Å². The normalized spacial score (nSPS) is 22.0. The maximum absolute atomic E-state index is 12.0. The minimum atomic E-state index is -0.522. The van der Waals surface area contributed by atoms with Crippen molar-refractivity contribution >= 4 is 29.4 Å². The number of nitrogens with one attached hydrogen (secondary N) is 2. The van der Waals surface area contributed by atoms with Crippen LogP contribution in [0.15, 0.2) is 24.3 Å². The number of benzene rings is 1. The number of esters is 1. The van der Waals surface area contributed by atoms with Gasteiger partial charge in [-0.15, -0.1) is 0 Å². The highest BCUT2D eigenvalue weighted by atomic mass is 35.5. The number of rotatable bonds is 7. The van der Waals surface area contributed by atoms with Crippen LogP contribution in [0, 0.1) is 11.8 Å². The zero-order chi connectivity index (χ0) is 19.8. The van der Waals surface area contributed by atoms with Crippen molar-refractivity contribution in [1.82, 2.24) is 10.6 Å². The van der Waals surface area contributed by atoms with Gasteiger partial charge in [0.25, 0.3) is 11.8 Å². The van der Waals surface area contributed by atoms with Crippen molar-refractivity contribution < 1.29 is 19.1 Å². The number of ether oxygens (including phenoxy) is 1. The minimum absolute atomic E-state index is 0.00345. The molecule has 0 unspecified atom stereocenters. The van der Waals surface area contributed by atoms with E-state index in [1.165, 1.54) is 6.42 Å². The SMILES string of the molecule is C[C@@H]1[C@@H](C)CCC[C@H]1NC(=O)COC(=O)CCNC(=O)c1ccc(Cl)cc1. The summed E-state index contributed by atoms with van der Waals surface area (Å²) in [5, 5.41) is 6.13. The molecule has 3 atom stereocenters. The van der Waals surface area contributed by atoms with Crippen molar-refractivity contribution in [2.24, 2.45) is 11.8 Å². The molecule has 1 fully saturated rings. The summed E-state index contributed by atoms with van der Waals surface area (Å²) in [6.45, 7) is 4.19. The molecular formula is C20H27ClN2O4. The highest BCUT2D eigenvalue weighted by molar-refractivity contribution is 6.30. The molecule has 1 aromatic rings. The van der Waals surface area contributed by atoms with Crippen LogP contribution in [-0.4, -0.2) is 37.0 Å². The van der Waals surface area contributed by atoms with Gasteiger partial charge in [-0.1, -0.05) is 38.3 Å². The largest absolute Gasteiger partial charge is 0.456 e. The molecule has 2 rings (SSSR count). The van der Waals surface area contributed by atoms with Crippen LogP contribution in [0.5, 0.6) is 0 Å². The van der Waals surface area contributed by atoms with Crippen LogP contribution in [0.3, 0.4) is 0 Å². The summed E-state index contributed by atoms with van der Waals surface area (Å²) in [5.41, 5.74) is 0.461. The summed E-state index contributed by atoms with van der Waals surface area (Å²) < 4.78 is 4.99. The molecule has 0 spiro atoms. The molecule has 0 saturated heterocycles. The van der Waals surface area contributed by atoms with Crippen LogP contribution >= 0.6 is 11.6 Å². The average molecular weight is 395 g/mol. The van der Waals surface area contributed by atoms with E-state index in [1.54, 1.807) is 24.3 Å². The van der Waals surface area contributed by atoms with E-state index in [0.717, 1.165) is 12.8 Å². The lowest BCUT2D eigenvalue weighted by Crippen LogP contribution is -2.45. The Balaban J connectivity index is 1.63. The van der Waals surface area contributed by atoms with Crippen molar-refractivity contribution in [3.05, 3.63) is 34.9 Å². The Hall–Kier alpha value is -2.08. The molecule has 1 aromatic carbocycles. The van der Waals surface area contributed by atoms with Gasteiger partial charge in [-0.2, -0.15) is 0 Å². The molecule has 2 amide bonds. The molecule has 2 N–H and O–H groups in total. The monoisotopic (exact) mass is 394 g/mol. The molecule has 7 heteroatoms. The highest BCUT2D eigenvalue weighted by Gasteiger charge is 2.28. The van der Waals surface area contributed by atoms with E-state index in [2.05, 4.69) is 24.5 Å². The smallest absolute Gasteiger partial charge is 0.308 e. The molecule has 0 radical (unpaired) electrons. The molecule has 1 aliphatic carbocycles. The highest BCUT2D eigenvalue weighted by Crippen LogP contribution is 2.29. The fourth-order valence-electron chi connectivity index (χ4n) is 3.23. The maximum Gasteiger partial charge on any atom is 0.308 e. The van der Waals surface area contributed by atoms with E-state index in [9.17, 15) is 14.4 Å². The molecule has 148 valence electrons. The number of carbonyl (C=O) groups excluding carboxylic acids is 3. The van der Waals surface area contributed by atoms with E-state index in [0.29, 0.717) is 22.4 Å². The third kappa shape index (κ3) is 6.86. The predicted octanol–water partition coefficient (Wildman–Crippen LogP) is 2.94. The third-order valence-electron chi connectivity index (χ3n) is 5.14. The number of hydrogen-bond donors (Lipinski definition) is 2. The van der Waals surface area contributed by atoms with Gasteiger partial charge in [0.1, 0.15) is 0 Å². The van der Waals surface area contributed by atoms with Gasteiger partial charge in [0, 0.05) is 23.2 Å². The first-order valence-electron chi connectivity index (χ1n) is 9.35. The van der Waals surface area contributed by atoms with E-state index in [-0.39, 0.29) is 37.4 Å². The lowest BCUT2D eigenvalue weighted by molar-refractivity contribution is -0.148. The maximum atomic E-state index is 12.0. The molecule has 0 aromatic heterocycles. The summed E-state index contributed by atoms with van der Waals surface area (Å²) in [6.07, 6.45) is 3.25. The van der Waals surface area contributed by atoms with Gasteiger partial charge in [-0.25, -0.2) is 0 Å². The predicted molar refractivity (Wildman–Crippen MR) is 103 cm³/mol. The van der Waals surface area contributed by atoms with Crippen molar-refractivity contribution in [2.75, 3.05) is 13.2 Å². The minimum Gasteiger partial charge on any atom is -0.456 e. The lowest BCUT2D eigenvalue weighted by atomic mass is 9.78. The van der Waals surface area contributed by atoms with Gasteiger partial charge in [0.15, 0.2) is 6.61 Å². The first-order valence-corrected chi connectivity index (χ1v) is 9.73. The zero-order valence-corrected chi connectivity index (χ0v) is 16.6. The van der Waals surface area contributed by atoms with Crippen molar-refractivity contribution in [3.63, 3.8) is 0 Å². The van der Waals surface area contributed by atoms with Gasteiger partial charge < -0.3 is 15.4 Å². The van der Waals surface area contributed by atoms with Crippen LogP contribution in [0.1, 0.15) is 49.9 Å². The Labute approximate surface area is 165 Å². The van der Waals surface area contributed by atoms with Crippen molar-refractivity contribution in [2.45, 2.75) is 45.6 Å². The second-order valence-corrected chi connectivity index (χ2v) is 7.55. The molecule has 27 heavy (non-hydrogen) atoms. The van der Waals surface area contributed by atoms with Crippen molar-refractivity contribution in [3.8, 4) is 0 Å². The van der Waals surface area contributed by atoms with Crippen LogP contribution in [0.25, 0.3) is 0 Å². The zero-order valence-electron chi connectivity index (χ0n) is 15.8. The average Bonchev–Trinajstić information content (AvgIpc) is 2.64. The summed E-state index contributed by atoms with van der Waals surface area (Å²) in [6, 6.07) is 6.59. The van der Waals surface area contributed by atoms with E-state index in [4.69, 9.17) is 16.3 Å². The molecule has 1 saturated carbocycles. The fraction of sp³-hybridized carbons (Fsp3) is 0.550. The van der Waals surface area contributed by atoms with E-state index < -0.39 is 5.97 Å². The standard InChI is InChI=1S/C20H27ClN2O4/c1-13-4-3-5-17(14(13)2)23-18(24)12-27-19(25)10-11-22-20(26)15-6-8-16(21)9-7-15/h6-9,13-14,17H,3-5,10-12H2,1-2H3,(H,22,26)(H,23,24)/t13-,14+,17+/m0/s1. The topological polar surface area (TPSA) is 84.5 Å². The molecule has 0 aliphatic heterocycles. The number of amides is 2. The lowest BCUT2D eigenvalue weighted by Gasteiger charge is -2.34. The van der Waals surface area contributed by atoms with Gasteiger partial charge in [-0.05, 0) is 42.5 Å². The summed E-state index contributed by atoms with van der Waals surface area (Å²) in [5.74, 6) is -0.0962. The summed E-state index contributed by atoms with van der Waals surface area (Å²) in [4.78, 5) is 35.7. The summed E-state index contributed by atoms with van der Waals surface area (Å²) >= 11 is 5.77. The van der Waals surface area contributed by atoms with Crippen molar-refractivity contribution in [1.29, 1.82) is 0 Å². The quantitative estimate of drug-likeness (QED) is 0.696. The van der Waals surface area contributed by atoms with Gasteiger partial charge in [0.2, 0.25) is 0 Å². The molecule has 6 nitrogen and oxygen atoms in total. The number of halogens is 1. The van der Waals surface area contributed by atoms with Crippen LogP contribution < -0.4 is 10.6 Å². The Kier molecular flexibility index (Phi) is 8.10. The third-order valence-corrected chi connectivity index (χ3v) is 5.39. The molecular weight excluding hydrogens is 368 g/mol. The number of hydrogen-bond acceptors (Lipinski definition) is 4. The first-order chi connectivity index (χ1) is 12.9. The Morgan fingerprint density at radius 3 is 2.56 bits per heavy atom. The molecule has 1 aliphatic rings. The van der Waals surface area contributed by atoms with E-state index >= 15 is 0 Å². The Morgan fingerprint density at radius 1 is 1.15 bits per heavy atom. The van der Waals surface area contributed by atoms with Crippen LogP contribution in [0.2, 0.25) is 5.02 Å². The first kappa shape index (κ1) is 21.2. The van der Waals surface area contributed by atoms with Crippen LogP contribution in [-0.2, 0) is 14.3 Å². The van der Waals surface area contributed by atoms with Gasteiger partial charge in [-0.3, -0.25) is 14.4 Å². The Bertz CT molecular complexity index is 662. The van der Waals surface area contributed by atoms with E-state index in [1.807, 2.05) is 0 Å². The fourth-order valence-corrected chi connectivity index (χ4v) is 3.36. The molecule has 0 bridgehead atoms.